The van der Waals surface area contributed by atoms with Gasteiger partial charge in [0.15, 0.2) is 5.17 Å². The van der Waals surface area contributed by atoms with E-state index in [2.05, 4.69) is 23.3 Å². The van der Waals surface area contributed by atoms with Gasteiger partial charge in [-0.1, -0.05) is 25.6 Å². The predicted molar refractivity (Wildman–Crippen MR) is 121 cm³/mol. The second-order valence-electron chi connectivity index (χ2n) is 7.41. The van der Waals surface area contributed by atoms with Crippen molar-refractivity contribution < 1.29 is 14.3 Å². The Labute approximate surface area is 179 Å². The molecule has 3 aromatic rings. The van der Waals surface area contributed by atoms with E-state index in [1.807, 2.05) is 30.3 Å². The van der Waals surface area contributed by atoms with Gasteiger partial charge in [-0.2, -0.15) is 4.99 Å². The summed E-state index contributed by atoms with van der Waals surface area (Å²) in [6.07, 6.45) is 0. The Morgan fingerprint density at radius 1 is 1.20 bits per heavy atom. The first-order chi connectivity index (χ1) is 14.5. The third-order valence-corrected chi connectivity index (χ3v) is 5.79. The summed E-state index contributed by atoms with van der Waals surface area (Å²) in [5.41, 5.74) is 3.23. The van der Waals surface area contributed by atoms with E-state index >= 15 is 0 Å². The first kappa shape index (κ1) is 20.3. The topological polar surface area (TPSA) is 68.9 Å². The van der Waals surface area contributed by atoms with Crippen LogP contribution in [0.4, 0.5) is 11.6 Å². The molecule has 0 unspecified atom stereocenters. The maximum Gasteiger partial charge on any atom is 0.337 e. The van der Waals surface area contributed by atoms with Crippen molar-refractivity contribution in [3.63, 3.8) is 0 Å². The number of nitrogens with zero attached hydrogens (tertiary/aromatic N) is 4. The van der Waals surface area contributed by atoms with Crippen molar-refractivity contribution >= 4 is 45.6 Å². The Balaban J connectivity index is 1.71. The van der Waals surface area contributed by atoms with Gasteiger partial charge in [0.05, 0.1) is 36.7 Å². The average molecular weight is 425 g/mol. The zero-order valence-electron chi connectivity index (χ0n) is 17.5. The number of hydrogen-bond donors (Lipinski definition) is 0. The van der Waals surface area contributed by atoms with E-state index in [0.29, 0.717) is 17.4 Å². The third kappa shape index (κ3) is 3.87. The fraction of sp³-hybridized carbons (Fsp3) is 0.318. The monoisotopic (exact) mass is 424 g/mol. The number of imidazole rings is 1. The van der Waals surface area contributed by atoms with Crippen LogP contribution < -0.4 is 9.64 Å². The molecule has 0 amide bonds. The number of hydrogen-bond acceptors (Lipinski definition) is 6. The van der Waals surface area contributed by atoms with Crippen molar-refractivity contribution in [2.75, 3.05) is 25.0 Å². The van der Waals surface area contributed by atoms with Crippen LogP contribution in [0.2, 0.25) is 0 Å². The van der Waals surface area contributed by atoms with Gasteiger partial charge in [0, 0.05) is 12.2 Å². The van der Waals surface area contributed by atoms with E-state index in [9.17, 15) is 4.79 Å². The molecule has 0 radical (unpaired) electrons. The van der Waals surface area contributed by atoms with E-state index in [-0.39, 0.29) is 5.97 Å². The number of esters is 1. The van der Waals surface area contributed by atoms with Gasteiger partial charge in [0.2, 0.25) is 5.95 Å². The summed E-state index contributed by atoms with van der Waals surface area (Å²) >= 11 is 1.68. The molecule has 0 atom stereocenters. The Morgan fingerprint density at radius 3 is 2.57 bits per heavy atom. The molecule has 2 aromatic carbocycles. The molecule has 0 N–H and O–H groups in total. The van der Waals surface area contributed by atoms with E-state index in [4.69, 9.17) is 19.5 Å². The maximum absolute atomic E-state index is 11.9. The van der Waals surface area contributed by atoms with Crippen LogP contribution in [0.3, 0.4) is 0 Å². The van der Waals surface area contributed by atoms with Crippen molar-refractivity contribution in [2.45, 2.75) is 20.4 Å². The van der Waals surface area contributed by atoms with Gasteiger partial charge in [-0.05, 0) is 48.4 Å². The number of anilines is 1. The van der Waals surface area contributed by atoms with Crippen LogP contribution >= 0.6 is 11.8 Å². The summed E-state index contributed by atoms with van der Waals surface area (Å²) in [7, 11) is 3.04. The van der Waals surface area contributed by atoms with E-state index in [0.717, 1.165) is 40.1 Å². The molecule has 1 aliphatic rings. The number of carbonyl (C=O) groups is 1. The van der Waals surface area contributed by atoms with Crippen LogP contribution in [0.15, 0.2) is 47.5 Å². The van der Waals surface area contributed by atoms with Crippen LogP contribution in [0.25, 0.3) is 11.0 Å². The highest BCUT2D eigenvalue weighted by molar-refractivity contribution is 8.16. The number of carbonyl (C=O) groups excluding carboxylic acids is 1. The standard InChI is InChI=1S/C22H24N4O3S/c1-14(2)12-25-19-10-5-15(20(27)29-4)11-18(19)23-21(25)24-22-26(13-30-22)16-6-8-17(28-3)9-7-16/h5-11,14H,12-13H2,1-4H3/b24-22-. The fourth-order valence-corrected chi connectivity index (χ4v) is 4.08. The zero-order valence-corrected chi connectivity index (χ0v) is 18.3. The van der Waals surface area contributed by atoms with E-state index in [1.54, 1.807) is 31.0 Å². The Morgan fingerprint density at radius 2 is 1.97 bits per heavy atom. The van der Waals surface area contributed by atoms with Crippen molar-refractivity contribution in [1.82, 2.24) is 9.55 Å². The van der Waals surface area contributed by atoms with Crippen LogP contribution in [0.1, 0.15) is 24.2 Å². The molecular formula is C22H24N4O3S. The lowest BCUT2D eigenvalue weighted by Crippen LogP contribution is -2.38. The smallest absolute Gasteiger partial charge is 0.337 e. The van der Waals surface area contributed by atoms with Crippen molar-refractivity contribution in [1.29, 1.82) is 0 Å². The fourth-order valence-electron chi connectivity index (χ4n) is 3.30. The normalized spacial score (nSPS) is 15.0. The van der Waals surface area contributed by atoms with Gasteiger partial charge in [0.1, 0.15) is 5.75 Å². The molecule has 0 aliphatic carbocycles. The van der Waals surface area contributed by atoms with Crippen LogP contribution in [0.5, 0.6) is 5.75 Å². The van der Waals surface area contributed by atoms with Gasteiger partial charge in [-0.25, -0.2) is 9.78 Å². The minimum absolute atomic E-state index is 0.372. The summed E-state index contributed by atoms with van der Waals surface area (Å²) in [5, 5.41) is 0.897. The Bertz CT molecular complexity index is 1110. The maximum atomic E-state index is 11.9. The van der Waals surface area contributed by atoms with Gasteiger partial charge in [-0.3, -0.25) is 0 Å². The molecule has 156 valence electrons. The summed E-state index contributed by atoms with van der Waals surface area (Å²) in [6, 6.07) is 13.4. The third-order valence-electron chi connectivity index (χ3n) is 4.83. The number of fused-ring (bicyclic) bond motifs is 1. The van der Waals surface area contributed by atoms with Gasteiger partial charge < -0.3 is 18.9 Å². The lowest BCUT2D eigenvalue weighted by molar-refractivity contribution is 0.0601. The summed E-state index contributed by atoms with van der Waals surface area (Å²) in [6.45, 7) is 5.11. The van der Waals surface area contributed by atoms with E-state index < -0.39 is 0 Å². The number of rotatable bonds is 6. The van der Waals surface area contributed by atoms with Gasteiger partial charge in [-0.15, -0.1) is 0 Å². The molecule has 0 saturated carbocycles. The number of aliphatic imine (C=N–C) groups is 1. The predicted octanol–water partition coefficient (Wildman–Crippen LogP) is 4.69. The second kappa shape index (κ2) is 8.39. The molecule has 7 nitrogen and oxygen atoms in total. The number of methoxy groups -OCH3 is 2. The van der Waals surface area contributed by atoms with Crippen molar-refractivity contribution in [3.8, 4) is 5.75 Å². The second-order valence-corrected chi connectivity index (χ2v) is 8.32. The molecular weight excluding hydrogens is 400 g/mol. The van der Waals surface area contributed by atoms with Crippen LogP contribution in [0, 0.1) is 5.92 Å². The van der Waals surface area contributed by atoms with E-state index in [1.165, 1.54) is 7.11 Å². The zero-order chi connectivity index (χ0) is 21.3. The molecule has 30 heavy (non-hydrogen) atoms. The molecule has 1 aromatic heterocycles. The molecule has 1 saturated heterocycles. The first-order valence-corrected chi connectivity index (χ1v) is 10.7. The molecule has 1 aliphatic heterocycles. The number of benzene rings is 2. The summed E-state index contributed by atoms with van der Waals surface area (Å²) in [5.74, 6) is 2.35. The van der Waals surface area contributed by atoms with Crippen molar-refractivity contribution in [2.24, 2.45) is 10.9 Å². The van der Waals surface area contributed by atoms with Crippen LogP contribution in [-0.4, -0.2) is 40.8 Å². The molecule has 4 rings (SSSR count). The Kier molecular flexibility index (Phi) is 5.67. The summed E-state index contributed by atoms with van der Waals surface area (Å²) in [4.78, 5) is 23.6. The lowest BCUT2D eigenvalue weighted by atomic mass is 10.2. The highest BCUT2D eigenvalue weighted by Crippen LogP contribution is 2.34. The molecule has 1 fully saturated rings. The largest absolute Gasteiger partial charge is 0.497 e. The lowest BCUT2D eigenvalue weighted by Gasteiger charge is -2.33. The summed E-state index contributed by atoms with van der Waals surface area (Å²) < 4.78 is 12.2. The van der Waals surface area contributed by atoms with Gasteiger partial charge in [0.25, 0.3) is 0 Å². The van der Waals surface area contributed by atoms with Gasteiger partial charge >= 0.3 is 5.97 Å². The number of aromatic nitrogens is 2. The van der Waals surface area contributed by atoms with Crippen LogP contribution in [-0.2, 0) is 11.3 Å². The quantitative estimate of drug-likeness (QED) is 0.535. The minimum atomic E-state index is -0.372. The molecule has 0 spiro atoms. The SMILES string of the molecule is COC(=O)c1ccc2c(c1)nc(/N=C1\SCN1c1ccc(OC)cc1)n2CC(C)C. The first-order valence-electron chi connectivity index (χ1n) is 9.72. The molecule has 0 bridgehead atoms. The average Bonchev–Trinajstić information content (AvgIpc) is 3.07. The highest BCUT2D eigenvalue weighted by Gasteiger charge is 2.26. The molecule has 2 heterocycles. The number of amidine groups is 1. The minimum Gasteiger partial charge on any atom is -0.497 e. The number of ether oxygens (including phenoxy) is 2. The Hall–Kier alpha value is -3.00. The number of thioether (sulfide) groups is 1. The highest BCUT2D eigenvalue weighted by atomic mass is 32.2. The van der Waals surface area contributed by atoms with Crippen molar-refractivity contribution in [3.05, 3.63) is 48.0 Å². The molecule has 8 heteroatoms.